The zero-order valence-corrected chi connectivity index (χ0v) is 23.0. The molecule has 1 aliphatic carbocycles. The van der Waals surface area contributed by atoms with E-state index in [4.69, 9.17) is 27.9 Å². The van der Waals surface area contributed by atoms with Gasteiger partial charge in [-0.15, -0.1) is 11.3 Å². The van der Waals surface area contributed by atoms with Crippen molar-refractivity contribution in [1.82, 2.24) is 15.0 Å². The van der Waals surface area contributed by atoms with Gasteiger partial charge in [-0.25, -0.2) is 13.4 Å². The number of alkyl halides is 3. The number of nitrogens with zero attached hydrogens (tertiary/aromatic N) is 1. The second-order valence-electron chi connectivity index (χ2n) is 9.28. The highest BCUT2D eigenvalue weighted by atomic mass is 35.5. The molecule has 1 saturated heterocycles. The highest BCUT2D eigenvalue weighted by Gasteiger charge is 2.39. The summed E-state index contributed by atoms with van der Waals surface area (Å²) in [5.74, 6) is 0.0963. The summed E-state index contributed by atoms with van der Waals surface area (Å²) < 4.78 is 71.0. The number of carbonyl (C=O) groups excluding carboxylic acids is 1. The third-order valence-electron chi connectivity index (χ3n) is 6.56. The molecule has 1 atom stereocenters. The number of halogens is 5. The summed E-state index contributed by atoms with van der Waals surface area (Å²) in [6, 6.07) is 0.167. The summed E-state index contributed by atoms with van der Waals surface area (Å²) in [6.07, 6.45) is 0.446. The molecule has 2 aromatic rings. The average Bonchev–Trinajstić information content (AvgIpc) is 3.21. The molecule has 2 fully saturated rings. The van der Waals surface area contributed by atoms with Crippen LogP contribution in [0.4, 0.5) is 13.2 Å². The Hall–Kier alpha value is -1.44. The van der Waals surface area contributed by atoms with Gasteiger partial charge in [-0.2, -0.15) is 17.9 Å². The van der Waals surface area contributed by atoms with Crippen molar-refractivity contribution < 1.29 is 31.1 Å². The Morgan fingerprint density at radius 3 is 2.46 bits per heavy atom. The van der Waals surface area contributed by atoms with Crippen molar-refractivity contribution in [2.24, 2.45) is 5.92 Å². The van der Waals surface area contributed by atoms with E-state index in [1.165, 1.54) is 6.07 Å². The number of hydrogen-bond donors (Lipinski definition) is 2. The van der Waals surface area contributed by atoms with Gasteiger partial charge in [0, 0.05) is 24.8 Å². The Labute approximate surface area is 227 Å². The van der Waals surface area contributed by atoms with Crippen molar-refractivity contribution in [2.45, 2.75) is 68.6 Å². The highest BCUT2D eigenvalue weighted by Crippen LogP contribution is 2.43. The Morgan fingerprint density at radius 2 is 1.86 bits per heavy atom. The molecule has 0 bridgehead atoms. The molecule has 0 radical (unpaired) electrons. The van der Waals surface area contributed by atoms with E-state index in [0.29, 0.717) is 61.5 Å². The molecule has 1 amide bonds. The van der Waals surface area contributed by atoms with Crippen LogP contribution in [0, 0.1) is 5.92 Å². The number of benzene rings is 1. The van der Waals surface area contributed by atoms with Crippen LogP contribution in [0.1, 0.15) is 54.5 Å². The molecule has 0 unspecified atom stereocenters. The van der Waals surface area contributed by atoms with E-state index >= 15 is 0 Å². The van der Waals surface area contributed by atoms with Crippen LogP contribution < -0.4 is 10.0 Å². The zero-order valence-electron chi connectivity index (χ0n) is 19.8. The molecule has 1 aromatic heterocycles. The smallest absolute Gasteiger partial charge is 0.381 e. The van der Waals surface area contributed by atoms with Crippen molar-refractivity contribution in [3.05, 3.63) is 32.9 Å². The molecule has 2 aliphatic rings. The van der Waals surface area contributed by atoms with Crippen LogP contribution in [0.25, 0.3) is 10.4 Å². The maximum atomic E-state index is 13.0. The van der Waals surface area contributed by atoms with Gasteiger partial charge in [-0.3, -0.25) is 4.79 Å². The molecule has 2 heterocycles. The van der Waals surface area contributed by atoms with Gasteiger partial charge in [0.05, 0.1) is 20.6 Å². The molecule has 1 aliphatic heterocycles. The van der Waals surface area contributed by atoms with Gasteiger partial charge in [0.1, 0.15) is 10.9 Å². The second kappa shape index (κ2) is 11.4. The van der Waals surface area contributed by atoms with Crippen molar-refractivity contribution in [3.8, 4) is 10.4 Å². The van der Waals surface area contributed by atoms with Crippen LogP contribution >= 0.6 is 34.5 Å². The molecule has 7 nitrogen and oxygen atoms in total. The van der Waals surface area contributed by atoms with Crippen LogP contribution in [0.2, 0.25) is 10.0 Å². The third kappa shape index (κ3) is 6.59. The molecule has 4 rings (SSSR count). The van der Waals surface area contributed by atoms with Crippen molar-refractivity contribution in [1.29, 1.82) is 0 Å². The van der Waals surface area contributed by atoms with E-state index in [9.17, 15) is 26.4 Å². The molecule has 1 aromatic carbocycles. The number of aromatic nitrogens is 1. The van der Waals surface area contributed by atoms with Gasteiger partial charge < -0.3 is 10.1 Å². The monoisotopic (exact) mass is 599 g/mol. The number of nitrogens with one attached hydrogen (secondary N) is 2. The number of carbonyl (C=O) groups is 1. The minimum Gasteiger partial charge on any atom is -0.381 e. The maximum absolute atomic E-state index is 13.0. The van der Waals surface area contributed by atoms with Gasteiger partial charge in [0.25, 0.3) is 5.91 Å². The van der Waals surface area contributed by atoms with Crippen LogP contribution in [-0.2, 0) is 21.2 Å². The van der Waals surface area contributed by atoms with Crippen molar-refractivity contribution in [3.63, 3.8) is 0 Å². The fraction of sp³-hybridized carbons (Fsp3) is 0.565. The topological polar surface area (TPSA) is 97.4 Å². The quantitative estimate of drug-likeness (QED) is 0.412. The first-order chi connectivity index (χ1) is 17.4. The molecular weight excluding hydrogens is 574 g/mol. The number of amides is 1. The van der Waals surface area contributed by atoms with Gasteiger partial charge in [0.2, 0.25) is 10.0 Å². The van der Waals surface area contributed by atoms with E-state index in [-0.39, 0.29) is 22.0 Å². The summed E-state index contributed by atoms with van der Waals surface area (Å²) >= 11 is 13.9. The summed E-state index contributed by atoms with van der Waals surface area (Å²) in [5, 5.41) is 2.69. The predicted octanol–water partition coefficient (Wildman–Crippen LogP) is 5.60. The maximum Gasteiger partial charge on any atom is 0.404 e. The first kappa shape index (κ1) is 28.6. The van der Waals surface area contributed by atoms with Crippen LogP contribution in [-0.4, -0.2) is 50.8 Å². The van der Waals surface area contributed by atoms with E-state index < -0.39 is 32.2 Å². The minimum absolute atomic E-state index is 0.0159. The summed E-state index contributed by atoms with van der Waals surface area (Å²) in [6.45, 7) is 1.83. The minimum atomic E-state index is -4.77. The van der Waals surface area contributed by atoms with E-state index in [0.717, 1.165) is 36.7 Å². The Morgan fingerprint density at radius 1 is 1.19 bits per heavy atom. The molecule has 0 spiro atoms. The lowest BCUT2D eigenvalue weighted by Crippen LogP contribution is -2.43. The lowest BCUT2D eigenvalue weighted by molar-refractivity contribution is -0.147. The van der Waals surface area contributed by atoms with Crippen LogP contribution in [0.5, 0.6) is 0 Å². The Balaban J connectivity index is 1.66. The van der Waals surface area contributed by atoms with Gasteiger partial charge in [-0.05, 0) is 38.2 Å². The highest BCUT2D eigenvalue weighted by molar-refractivity contribution is 7.89. The standard InChI is InChI=1S/C23H26Cl2F3N3O4S2/c1-12(23(26,27)28)31-37(33,34)17-6-5-15(18(24)19(17)25)20-16(11-13-3-2-4-13)30-22(36-20)21(32)29-14-7-9-35-10-8-14/h5-6,12-14,31H,2-4,7-11H2,1H3,(H,29,32)/t12-/m0/s1. The largest absolute Gasteiger partial charge is 0.404 e. The predicted molar refractivity (Wildman–Crippen MR) is 136 cm³/mol. The molecule has 204 valence electrons. The van der Waals surface area contributed by atoms with Crippen molar-refractivity contribution in [2.75, 3.05) is 13.2 Å². The lowest BCUT2D eigenvalue weighted by atomic mass is 9.82. The zero-order chi connectivity index (χ0) is 27.0. The second-order valence-corrected chi connectivity index (χ2v) is 12.7. The van der Waals surface area contributed by atoms with E-state index in [1.807, 2.05) is 0 Å². The van der Waals surface area contributed by atoms with Gasteiger partial charge in [-0.1, -0.05) is 48.5 Å². The average molecular weight is 601 g/mol. The van der Waals surface area contributed by atoms with E-state index in [2.05, 4.69) is 10.3 Å². The summed E-state index contributed by atoms with van der Waals surface area (Å²) in [7, 11) is -4.62. The number of sulfonamides is 1. The number of ether oxygens (including phenoxy) is 1. The Kier molecular flexibility index (Phi) is 8.76. The number of hydrogen-bond acceptors (Lipinski definition) is 6. The summed E-state index contributed by atoms with van der Waals surface area (Å²) in [5.41, 5.74) is 1.02. The van der Waals surface area contributed by atoms with Gasteiger partial charge in [0.15, 0.2) is 5.01 Å². The van der Waals surface area contributed by atoms with Crippen LogP contribution in [0.15, 0.2) is 17.0 Å². The molecule has 14 heteroatoms. The number of rotatable bonds is 8. The normalized spacial score (nSPS) is 18.4. The third-order valence-corrected chi connectivity index (χ3v) is 10.3. The first-order valence-corrected chi connectivity index (χ1v) is 14.9. The van der Waals surface area contributed by atoms with E-state index in [1.54, 1.807) is 4.72 Å². The summed E-state index contributed by atoms with van der Waals surface area (Å²) in [4.78, 5) is 17.6. The van der Waals surface area contributed by atoms with Crippen LogP contribution in [0.3, 0.4) is 0 Å². The lowest BCUT2D eigenvalue weighted by Gasteiger charge is -2.25. The Bertz CT molecular complexity index is 1260. The van der Waals surface area contributed by atoms with Crippen molar-refractivity contribution >= 4 is 50.5 Å². The molecule has 2 N–H and O–H groups in total. The SMILES string of the molecule is C[C@H](NS(=O)(=O)c1ccc(-c2sc(C(=O)NC3CCOCC3)nc2CC2CCC2)c(Cl)c1Cl)C(F)(F)F. The fourth-order valence-electron chi connectivity index (χ4n) is 4.13. The molecule has 37 heavy (non-hydrogen) atoms. The van der Waals surface area contributed by atoms with Gasteiger partial charge >= 0.3 is 6.18 Å². The molecule has 1 saturated carbocycles. The molecular formula is C23H26Cl2F3N3O4S2. The number of thiazole rings is 1. The fourth-order valence-corrected chi connectivity index (χ4v) is 7.31. The first-order valence-electron chi connectivity index (χ1n) is 11.8.